The zero-order valence-electron chi connectivity index (χ0n) is 13.2. The minimum atomic E-state index is -0.421. The van der Waals surface area contributed by atoms with E-state index in [1.807, 2.05) is 25.1 Å². The van der Waals surface area contributed by atoms with E-state index >= 15 is 0 Å². The Bertz CT molecular complexity index is 1060. The number of fused-ring (bicyclic) bond motifs is 1. The van der Waals surface area contributed by atoms with Gasteiger partial charge < -0.3 is 8.94 Å². The van der Waals surface area contributed by atoms with E-state index in [2.05, 4.69) is 10.5 Å². The second-order valence-electron chi connectivity index (χ2n) is 5.59. The normalized spacial score (nSPS) is 11.0. The standard InChI is InChI=1S/C19H13FN2O3/c1-11-14-4-2-3-5-16(14)24-18(11)19(23)21-17-10-15(22-25-17)12-6-8-13(20)9-7-12/h2-10H,1H3,(H,21,23). The number of hydrogen-bond donors (Lipinski definition) is 1. The summed E-state index contributed by atoms with van der Waals surface area (Å²) >= 11 is 0. The van der Waals surface area contributed by atoms with Crippen molar-refractivity contribution in [1.82, 2.24) is 5.16 Å². The van der Waals surface area contributed by atoms with Crippen LogP contribution in [0.1, 0.15) is 16.1 Å². The number of carbonyl (C=O) groups is 1. The Kier molecular flexibility index (Phi) is 3.57. The molecule has 0 radical (unpaired) electrons. The van der Waals surface area contributed by atoms with Crippen molar-refractivity contribution in [3.05, 3.63) is 71.7 Å². The largest absolute Gasteiger partial charge is 0.451 e. The zero-order valence-corrected chi connectivity index (χ0v) is 13.2. The Labute approximate surface area is 142 Å². The van der Waals surface area contributed by atoms with E-state index in [1.54, 1.807) is 24.3 Å². The summed E-state index contributed by atoms with van der Waals surface area (Å²) in [4.78, 5) is 12.5. The number of para-hydroxylation sites is 1. The third-order valence-electron chi connectivity index (χ3n) is 3.94. The van der Waals surface area contributed by atoms with Crippen LogP contribution in [-0.2, 0) is 0 Å². The lowest BCUT2D eigenvalue weighted by atomic mass is 10.1. The molecule has 1 N–H and O–H groups in total. The lowest BCUT2D eigenvalue weighted by Gasteiger charge is -1.98. The Balaban J connectivity index is 1.58. The van der Waals surface area contributed by atoms with Crippen LogP contribution in [0.2, 0.25) is 0 Å². The summed E-state index contributed by atoms with van der Waals surface area (Å²) in [5.74, 6) is -0.346. The number of aromatic nitrogens is 1. The average Bonchev–Trinajstić information content (AvgIpc) is 3.21. The van der Waals surface area contributed by atoms with Gasteiger partial charge in [-0.1, -0.05) is 23.4 Å². The summed E-state index contributed by atoms with van der Waals surface area (Å²) in [6, 6.07) is 14.8. The highest BCUT2D eigenvalue weighted by molar-refractivity contribution is 6.06. The average molecular weight is 336 g/mol. The van der Waals surface area contributed by atoms with E-state index in [0.717, 1.165) is 10.9 Å². The summed E-state index contributed by atoms with van der Waals surface area (Å²) in [7, 11) is 0. The molecule has 0 fully saturated rings. The lowest BCUT2D eigenvalue weighted by Crippen LogP contribution is -2.11. The fraction of sp³-hybridized carbons (Fsp3) is 0.0526. The molecule has 0 spiro atoms. The van der Waals surface area contributed by atoms with Crippen molar-refractivity contribution in [3.63, 3.8) is 0 Å². The van der Waals surface area contributed by atoms with Gasteiger partial charge in [-0.15, -0.1) is 0 Å². The predicted octanol–water partition coefficient (Wildman–Crippen LogP) is 4.79. The van der Waals surface area contributed by atoms with E-state index in [4.69, 9.17) is 8.94 Å². The van der Waals surface area contributed by atoms with Crippen molar-refractivity contribution in [2.75, 3.05) is 5.32 Å². The molecule has 2 heterocycles. The molecular formula is C19H13FN2O3. The summed E-state index contributed by atoms with van der Waals surface area (Å²) < 4.78 is 23.7. The van der Waals surface area contributed by atoms with Gasteiger partial charge in [-0.3, -0.25) is 10.1 Å². The molecule has 5 nitrogen and oxygen atoms in total. The minimum Gasteiger partial charge on any atom is -0.451 e. The molecule has 25 heavy (non-hydrogen) atoms. The molecule has 1 amide bonds. The topological polar surface area (TPSA) is 68.3 Å². The van der Waals surface area contributed by atoms with Gasteiger partial charge in [-0.25, -0.2) is 4.39 Å². The summed E-state index contributed by atoms with van der Waals surface area (Å²) in [6.45, 7) is 1.82. The molecule has 4 aromatic rings. The second kappa shape index (κ2) is 5.90. The van der Waals surface area contributed by atoms with Crippen LogP contribution in [0.4, 0.5) is 10.3 Å². The molecule has 6 heteroatoms. The van der Waals surface area contributed by atoms with Crippen molar-refractivity contribution in [2.45, 2.75) is 6.92 Å². The van der Waals surface area contributed by atoms with E-state index in [0.29, 0.717) is 16.8 Å². The minimum absolute atomic E-state index is 0.184. The number of hydrogen-bond acceptors (Lipinski definition) is 4. The highest BCUT2D eigenvalue weighted by Gasteiger charge is 2.19. The molecule has 0 aliphatic carbocycles. The van der Waals surface area contributed by atoms with Crippen LogP contribution in [-0.4, -0.2) is 11.1 Å². The fourth-order valence-electron chi connectivity index (χ4n) is 2.65. The maximum atomic E-state index is 13.0. The van der Waals surface area contributed by atoms with Gasteiger partial charge in [0.05, 0.1) is 0 Å². The number of anilines is 1. The first kappa shape index (κ1) is 15.1. The summed E-state index contributed by atoms with van der Waals surface area (Å²) in [6.07, 6.45) is 0. The predicted molar refractivity (Wildman–Crippen MR) is 90.8 cm³/mol. The number of aryl methyl sites for hydroxylation is 1. The molecule has 2 aromatic heterocycles. The first-order valence-corrected chi connectivity index (χ1v) is 7.64. The maximum Gasteiger partial charge on any atom is 0.294 e. The third kappa shape index (κ3) is 2.78. The van der Waals surface area contributed by atoms with E-state index < -0.39 is 5.91 Å². The summed E-state index contributed by atoms with van der Waals surface area (Å²) in [5, 5.41) is 7.40. The number of rotatable bonds is 3. The van der Waals surface area contributed by atoms with Crippen molar-refractivity contribution in [3.8, 4) is 11.3 Å². The summed E-state index contributed by atoms with van der Waals surface area (Å²) in [5.41, 5.74) is 2.59. The van der Waals surface area contributed by atoms with Crippen LogP contribution in [0, 0.1) is 12.7 Å². The maximum absolute atomic E-state index is 13.0. The smallest absolute Gasteiger partial charge is 0.294 e. The number of nitrogens with zero attached hydrogens (tertiary/aromatic N) is 1. The number of carbonyl (C=O) groups excluding carboxylic acids is 1. The van der Waals surface area contributed by atoms with Gasteiger partial charge in [0.1, 0.15) is 17.1 Å². The van der Waals surface area contributed by atoms with Gasteiger partial charge in [0.2, 0.25) is 5.88 Å². The Hall–Kier alpha value is -3.41. The Morgan fingerprint density at radius 3 is 2.64 bits per heavy atom. The molecule has 124 valence electrons. The van der Waals surface area contributed by atoms with E-state index in [-0.39, 0.29) is 17.5 Å². The number of halogens is 1. The van der Waals surface area contributed by atoms with Crippen LogP contribution in [0.15, 0.2) is 63.5 Å². The zero-order chi connectivity index (χ0) is 17.4. The van der Waals surface area contributed by atoms with Gasteiger partial charge in [0.25, 0.3) is 5.91 Å². The van der Waals surface area contributed by atoms with Crippen molar-refractivity contribution in [1.29, 1.82) is 0 Å². The highest BCUT2D eigenvalue weighted by atomic mass is 19.1. The first-order chi connectivity index (χ1) is 12.1. The number of nitrogens with one attached hydrogen (secondary N) is 1. The molecule has 0 saturated heterocycles. The van der Waals surface area contributed by atoms with Gasteiger partial charge in [0.15, 0.2) is 5.76 Å². The molecule has 0 atom stereocenters. The molecule has 0 saturated carbocycles. The van der Waals surface area contributed by atoms with Gasteiger partial charge in [-0.2, -0.15) is 0 Å². The second-order valence-corrected chi connectivity index (χ2v) is 5.59. The number of benzene rings is 2. The van der Waals surface area contributed by atoms with Crippen molar-refractivity contribution in [2.24, 2.45) is 0 Å². The van der Waals surface area contributed by atoms with Crippen molar-refractivity contribution < 1.29 is 18.1 Å². The molecular weight excluding hydrogens is 323 g/mol. The molecule has 0 unspecified atom stereocenters. The SMILES string of the molecule is Cc1c(C(=O)Nc2cc(-c3ccc(F)cc3)no2)oc2ccccc12. The molecule has 0 bridgehead atoms. The number of furan rings is 1. The van der Waals surface area contributed by atoms with Crippen LogP contribution in [0.5, 0.6) is 0 Å². The van der Waals surface area contributed by atoms with E-state index in [1.165, 1.54) is 12.1 Å². The monoisotopic (exact) mass is 336 g/mol. The molecule has 0 aliphatic rings. The van der Waals surface area contributed by atoms with E-state index in [9.17, 15) is 9.18 Å². The van der Waals surface area contributed by atoms with Gasteiger partial charge in [0, 0.05) is 22.6 Å². The van der Waals surface area contributed by atoms with Crippen LogP contribution < -0.4 is 5.32 Å². The fourth-order valence-corrected chi connectivity index (χ4v) is 2.65. The highest BCUT2D eigenvalue weighted by Crippen LogP contribution is 2.27. The van der Waals surface area contributed by atoms with Gasteiger partial charge >= 0.3 is 0 Å². The molecule has 4 rings (SSSR count). The quantitative estimate of drug-likeness (QED) is 0.584. The third-order valence-corrected chi connectivity index (χ3v) is 3.94. The first-order valence-electron chi connectivity index (χ1n) is 7.64. The molecule has 2 aromatic carbocycles. The molecule has 0 aliphatic heterocycles. The number of amides is 1. The Morgan fingerprint density at radius 2 is 1.88 bits per heavy atom. The van der Waals surface area contributed by atoms with Crippen LogP contribution in [0.25, 0.3) is 22.2 Å². The van der Waals surface area contributed by atoms with Crippen LogP contribution >= 0.6 is 0 Å². The Morgan fingerprint density at radius 1 is 1.12 bits per heavy atom. The lowest BCUT2D eigenvalue weighted by molar-refractivity contribution is 0.0994. The van der Waals surface area contributed by atoms with Crippen LogP contribution in [0.3, 0.4) is 0 Å². The van der Waals surface area contributed by atoms with Crippen molar-refractivity contribution >= 4 is 22.8 Å². The van der Waals surface area contributed by atoms with Gasteiger partial charge in [-0.05, 0) is 37.3 Å².